The first-order valence-electron chi connectivity index (χ1n) is 10.8. The van der Waals surface area contributed by atoms with E-state index < -0.39 is 5.82 Å². The fraction of sp³-hybridized carbons (Fsp3) is 0.241. The molecule has 0 radical (unpaired) electrons. The van der Waals surface area contributed by atoms with Gasteiger partial charge in [-0.25, -0.2) is 8.78 Å². The molecule has 0 fully saturated rings. The number of rotatable bonds is 5. The summed E-state index contributed by atoms with van der Waals surface area (Å²) in [4.78, 5) is 0. The van der Waals surface area contributed by atoms with Gasteiger partial charge in [-0.15, -0.1) is 0 Å². The molecule has 0 heterocycles. The van der Waals surface area contributed by atoms with Crippen LogP contribution in [0.15, 0.2) is 60.7 Å². The molecule has 0 saturated heterocycles. The molecule has 0 nitrogen and oxygen atoms in total. The molecular weight excluding hydrogens is 386 g/mol. The molecule has 3 aromatic rings. The molecule has 0 aliphatic carbocycles. The largest absolute Gasteiger partial charge is 0.207 e. The van der Waals surface area contributed by atoms with E-state index in [1.165, 1.54) is 30.5 Å². The van der Waals surface area contributed by atoms with Gasteiger partial charge in [0.2, 0.25) is 0 Å². The zero-order valence-corrected chi connectivity index (χ0v) is 18.1. The minimum atomic E-state index is -0.414. The first-order chi connectivity index (χ1) is 15.1. The second kappa shape index (κ2) is 11.1. The van der Waals surface area contributed by atoms with Gasteiger partial charge < -0.3 is 0 Å². The zero-order valence-electron chi connectivity index (χ0n) is 18.1. The van der Waals surface area contributed by atoms with Gasteiger partial charge in [0.25, 0.3) is 0 Å². The van der Waals surface area contributed by atoms with E-state index >= 15 is 0 Å². The van der Waals surface area contributed by atoms with Crippen LogP contribution in [0.25, 0.3) is 0 Å². The van der Waals surface area contributed by atoms with E-state index in [0.29, 0.717) is 28.7 Å². The minimum absolute atomic E-state index is 0.246. The average Bonchev–Trinajstić information content (AvgIpc) is 2.78. The lowest BCUT2D eigenvalue weighted by Gasteiger charge is -2.01. The lowest BCUT2D eigenvalue weighted by molar-refractivity contribution is 0.607. The molecule has 0 aliphatic heterocycles. The Balaban J connectivity index is 1.71. The van der Waals surface area contributed by atoms with E-state index in [-0.39, 0.29) is 5.82 Å². The molecular formula is C29H26F2. The van der Waals surface area contributed by atoms with Gasteiger partial charge in [0, 0.05) is 16.7 Å². The molecule has 0 atom stereocenters. The third-order valence-corrected chi connectivity index (χ3v) is 5.01. The zero-order chi connectivity index (χ0) is 22.1. The van der Waals surface area contributed by atoms with Crippen LogP contribution in [0.1, 0.15) is 66.5 Å². The fourth-order valence-electron chi connectivity index (χ4n) is 3.21. The van der Waals surface area contributed by atoms with Crippen LogP contribution in [0.2, 0.25) is 0 Å². The summed E-state index contributed by atoms with van der Waals surface area (Å²) in [6.45, 7) is 4.19. The molecule has 0 aliphatic rings. The highest BCUT2D eigenvalue weighted by Gasteiger charge is 2.02. The van der Waals surface area contributed by atoms with Gasteiger partial charge in [0.15, 0.2) is 0 Å². The fourth-order valence-corrected chi connectivity index (χ4v) is 3.21. The van der Waals surface area contributed by atoms with Crippen LogP contribution in [0, 0.1) is 35.3 Å². The van der Waals surface area contributed by atoms with Crippen LogP contribution in [-0.2, 0) is 12.8 Å². The summed E-state index contributed by atoms with van der Waals surface area (Å²) in [5, 5.41) is 0. The van der Waals surface area contributed by atoms with E-state index in [4.69, 9.17) is 0 Å². The Morgan fingerprint density at radius 3 is 1.84 bits per heavy atom. The van der Waals surface area contributed by atoms with Crippen molar-refractivity contribution in [1.29, 1.82) is 0 Å². The van der Waals surface area contributed by atoms with Crippen molar-refractivity contribution in [3.8, 4) is 23.7 Å². The SMILES string of the molecule is CCCCc1ccc(C#Cc2ccc(C#Cc3ccc(CCC)c(F)c3)cc2F)cc1. The Labute approximate surface area is 184 Å². The Hall–Kier alpha value is -3.36. The monoisotopic (exact) mass is 412 g/mol. The number of unbranched alkanes of at least 4 members (excludes halogenated alkanes) is 1. The summed E-state index contributed by atoms with van der Waals surface area (Å²) < 4.78 is 28.5. The smallest absolute Gasteiger partial charge is 0.140 e. The predicted octanol–water partition coefficient (Wildman–Crippen LogP) is 7.06. The summed E-state index contributed by atoms with van der Waals surface area (Å²) in [5.74, 6) is 11.1. The Morgan fingerprint density at radius 2 is 1.23 bits per heavy atom. The molecule has 0 spiro atoms. The first kappa shape index (κ1) is 22.3. The Kier molecular flexibility index (Phi) is 8.03. The van der Waals surface area contributed by atoms with Crippen molar-refractivity contribution in [3.05, 3.63) is 106 Å². The Morgan fingerprint density at radius 1 is 0.613 bits per heavy atom. The summed E-state index contributed by atoms with van der Waals surface area (Å²) in [6.07, 6.45) is 5.00. The molecule has 156 valence electrons. The number of benzene rings is 3. The third kappa shape index (κ3) is 6.56. The lowest BCUT2D eigenvalue weighted by atomic mass is 10.1. The third-order valence-electron chi connectivity index (χ3n) is 5.01. The normalized spacial score (nSPS) is 10.1. The van der Waals surface area contributed by atoms with Crippen molar-refractivity contribution in [2.45, 2.75) is 46.0 Å². The maximum Gasteiger partial charge on any atom is 0.140 e. The first-order valence-corrected chi connectivity index (χ1v) is 10.8. The van der Waals surface area contributed by atoms with E-state index in [2.05, 4.69) is 42.7 Å². The minimum Gasteiger partial charge on any atom is -0.207 e. The second-order valence-corrected chi connectivity index (χ2v) is 7.55. The van der Waals surface area contributed by atoms with Crippen LogP contribution in [-0.4, -0.2) is 0 Å². The average molecular weight is 413 g/mol. The standard InChI is InChI=1S/C29H26F2/c1-3-5-7-22-8-10-23(11-9-22)14-17-27-19-16-25(21-29(27)31)13-12-24-15-18-26(6-4-2)28(30)20-24/h8-11,15-16,18-21H,3-7H2,1-2H3. The van der Waals surface area contributed by atoms with Crippen LogP contribution in [0.3, 0.4) is 0 Å². The maximum atomic E-state index is 14.5. The highest BCUT2D eigenvalue weighted by molar-refractivity contribution is 5.49. The quantitative estimate of drug-likeness (QED) is 0.394. The highest BCUT2D eigenvalue weighted by Crippen LogP contribution is 2.13. The molecule has 0 aromatic heterocycles. The molecule has 0 bridgehead atoms. The van der Waals surface area contributed by atoms with Gasteiger partial charge in [0.1, 0.15) is 11.6 Å². The molecule has 0 N–H and O–H groups in total. The topological polar surface area (TPSA) is 0 Å². The molecule has 3 rings (SSSR count). The van der Waals surface area contributed by atoms with Gasteiger partial charge in [-0.2, -0.15) is 0 Å². The molecule has 2 heteroatoms. The van der Waals surface area contributed by atoms with Crippen LogP contribution in [0.4, 0.5) is 8.78 Å². The van der Waals surface area contributed by atoms with Gasteiger partial charge >= 0.3 is 0 Å². The number of hydrogen-bond donors (Lipinski definition) is 0. The van der Waals surface area contributed by atoms with E-state index in [1.807, 2.05) is 19.1 Å². The summed E-state index contributed by atoms with van der Waals surface area (Å²) in [6, 6.07) is 17.8. The lowest BCUT2D eigenvalue weighted by Crippen LogP contribution is -1.90. The van der Waals surface area contributed by atoms with Crippen molar-refractivity contribution in [2.24, 2.45) is 0 Å². The van der Waals surface area contributed by atoms with Gasteiger partial charge in [0.05, 0.1) is 5.56 Å². The Bertz CT molecular complexity index is 1150. The van der Waals surface area contributed by atoms with Crippen LogP contribution >= 0.6 is 0 Å². The predicted molar refractivity (Wildman–Crippen MR) is 124 cm³/mol. The van der Waals surface area contributed by atoms with Crippen molar-refractivity contribution in [1.82, 2.24) is 0 Å². The second-order valence-electron chi connectivity index (χ2n) is 7.55. The van der Waals surface area contributed by atoms with Crippen molar-refractivity contribution >= 4 is 0 Å². The summed E-state index contributed by atoms with van der Waals surface area (Å²) >= 11 is 0. The van der Waals surface area contributed by atoms with Gasteiger partial charge in [-0.3, -0.25) is 0 Å². The van der Waals surface area contributed by atoms with Crippen LogP contribution < -0.4 is 0 Å². The van der Waals surface area contributed by atoms with E-state index in [1.54, 1.807) is 24.3 Å². The number of aryl methyl sites for hydroxylation is 2. The summed E-state index contributed by atoms with van der Waals surface area (Å²) in [5.41, 5.74) is 4.28. The van der Waals surface area contributed by atoms with Gasteiger partial charge in [-0.05, 0) is 72.9 Å². The van der Waals surface area contributed by atoms with E-state index in [9.17, 15) is 8.78 Å². The van der Waals surface area contributed by atoms with Gasteiger partial charge in [-0.1, -0.05) is 68.6 Å². The molecule has 0 unspecified atom stereocenters. The van der Waals surface area contributed by atoms with Crippen molar-refractivity contribution < 1.29 is 8.78 Å². The molecule has 3 aromatic carbocycles. The molecule has 0 saturated carbocycles. The number of halogens is 2. The highest BCUT2D eigenvalue weighted by atomic mass is 19.1. The maximum absolute atomic E-state index is 14.5. The van der Waals surface area contributed by atoms with E-state index in [0.717, 1.165) is 18.4 Å². The molecule has 31 heavy (non-hydrogen) atoms. The van der Waals surface area contributed by atoms with Crippen molar-refractivity contribution in [3.63, 3.8) is 0 Å². The summed E-state index contributed by atoms with van der Waals surface area (Å²) in [7, 11) is 0. The molecule has 0 amide bonds. The van der Waals surface area contributed by atoms with Crippen LogP contribution in [0.5, 0.6) is 0 Å². The van der Waals surface area contributed by atoms with Crippen molar-refractivity contribution in [2.75, 3.05) is 0 Å². The number of hydrogen-bond acceptors (Lipinski definition) is 0.